The van der Waals surface area contributed by atoms with Crippen LogP contribution in [0.15, 0.2) is 12.1 Å². The first kappa shape index (κ1) is 20.9. The Bertz CT molecular complexity index is 591. The van der Waals surface area contributed by atoms with E-state index in [4.69, 9.17) is 9.47 Å². The van der Waals surface area contributed by atoms with Crippen molar-refractivity contribution in [2.24, 2.45) is 0 Å². The second-order valence-corrected chi connectivity index (χ2v) is 6.51. The first-order valence-corrected chi connectivity index (χ1v) is 7.85. The Morgan fingerprint density at radius 3 is 2.36 bits per heavy atom. The second kappa shape index (κ2) is 8.26. The van der Waals surface area contributed by atoms with Gasteiger partial charge in [0.25, 0.3) is 0 Å². The highest BCUT2D eigenvalue weighted by Gasteiger charge is 2.33. The van der Waals surface area contributed by atoms with E-state index in [1.807, 2.05) is 11.9 Å². The van der Waals surface area contributed by atoms with Gasteiger partial charge < -0.3 is 19.8 Å². The molecule has 9 heteroatoms. The van der Waals surface area contributed by atoms with Crippen molar-refractivity contribution in [2.75, 3.05) is 6.61 Å². The molecule has 0 radical (unpaired) electrons. The molecule has 0 saturated carbocycles. The van der Waals surface area contributed by atoms with Gasteiger partial charge in [0.15, 0.2) is 0 Å². The van der Waals surface area contributed by atoms with Crippen molar-refractivity contribution < 1.29 is 32.2 Å². The summed E-state index contributed by atoms with van der Waals surface area (Å²) in [5.41, 5.74) is -2.01. The van der Waals surface area contributed by atoms with Crippen molar-refractivity contribution >= 4 is 12.1 Å². The van der Waals surface area contributed by atoms with Crippen LogP contribution < -0.4 is 5.32 Å². The van der Waals surface area contributed by atoms with E-state index in [1.54, 1.807) is 20.8 Å². The second-order valence-electron chi connectivity index (χ2n) is 6.51. The molecule has 0 fully saturated rings. The summed E-state index contributed by atoms with van der Waals surface area (Å²) in [5, 5.41) is 2.58. The van der Waals surface area contributed by atoms with Gasteiger partial charge in [0, 0.05) is 0 Å². The Kier molecular flexibility index (Phi) is 6.89. The molecule has 1 aromatic rings. The molecule has 0 saturated heterocycles. The maximum Gasteiger partial charge on any atom is 0.431 e. The SMILES string of the molecule is CCC[C@H](COC(=O)c1ccc(C(F)(F)F)[nH]1)NC(=O)OC(C)(C)C. The molecule has 0 aromatic carbocycles. The standard InChI is InChI=1S/C16H23F3N2O4/c1-5-6-10(20-14(23)25-15(2,3)4)9-24-13(22)11-7-8-12(21-11)16(17,18)19/h7-8,10,21H,5-6,9H2,1-4H3,(H,20,23)/t10-/m1/s1. The van der Waals surface area contributed by atoms with Crippen molar-refractivity contribution in [3.63, 3.8) is 0 Å². The number of nitrogens with one attached hydrogen (secondary N) is 2. The maximum atomic E-state index is 12.5. The lowest BCUT2D eigenvalue weighted by Gasteiger charge is -2.23. The molecule has 25 heavy (non-hydrogen) atoms. The highest BCUT2D eigenvalue weighted by Crippen LogP contribution is 2.28. The number of carbonyl (C=O) groups is 2. The summed E-state index contributed by atoms with van der Waals surface area (Å²) in [7, 11) is 0. The van der Waals surface area contributed by atoms with Crippen LogP contribution in [0.1, 0.15) is 56.7 Å². The third-order valence-electron chi connectivity index (χ3n) is 2.98. The van der Waals surface area contributed by atoms with Gasteiger partial charge in [-0.3, -0.25) is 0 Å². The highest BCUT2D eigenvalue weighted by atomic mass is 19.4. The first-order valence-electron chi connectivity index (χ1n) is 7.85. The summed E-state index contributed by atoms with van der Waals surface area (Å²) in [5.74, 6) is -0.928. The Hall–Kier alpha value is -2.19. The Morgan fingerprint density at radius 2 is 1.88 bits per heavy atom. The smallest absolute Gasteiger partial charge is 0.431 e. The van der Waals surface area contributed by atoms with Crippen LogP contribution in [0.5, 0.6) is 0 Å². The van der Waals surface area contributed by atoms with E-state index >= 15 is 0 Å². The van der Waals surface area contributed by atoms with E-state index in [-0.39, 0.29) is 12.3 Å². The van der Waals surface area contributed by atoms with Crippen LogP contribution in [0.25, 0.3) is 0 Å². The quantitative estimate of drug-likeness (QED) is 0.751. The minimum absolute atomic E-state index is 0.174. The lowest BCUT2D eigenvalue weighted by atomic mass is 10.2. The van der Waals surface area contributed by atoms with E-state index in [1.165, 1.54) is 0 Å². The average Bonchev–Trinajstić information content (AvgIpc) is 2.92. The van der Waals surface area contributed by atoms with Crippen LogP contribution in [-0.4, -0.2) is 35.3 Å². The molecule has 0 aliphatic carbocycles. The number of H-pyrrole nitrogens is 1. The van der Waals surface area contributed by atoms with Gasteiger partial charge in [-0.25, -0.2) is 9.59 Å². The molecule has 2 N–H and O–H groups in total. The molecule has 0 aliphatic rings. The van der Waals surface area contributed by atoms with Gasteiger partial charge in [0.05, 0.1) is 6.04 Å². The fourth-order valence-electron chi connectivity index (χ4n) is 1.95. The summed E-state index contributed by atoms with van der Waals surface area (Å²) in [6, 6.07) is 1.27. The molecule has 0 aliphatic heterocycles. The minimum atomic E-state index is -4.57. The van der Waals surface area contributed by atoms with E-state index in [9.17, 15) is 22.8 Å². The third-order valence-corrected chi connectivity index (χ3v) is 2.98. The van der Waals surface area contributed by atoms with Crippen LogP contribution >= 0.6 is 0 Å². The zero-order valence-electron chi connectivity index (χ0n) is 14.6. The number of aromatic amines is 1. The lowest BCUT2D eigenvalue weighted by molar-refractivity contribution is -0.140. The van der Waals surface area contributed by atoms with Gasteiger partial charge in [0.2, 0.25) is 0 Å². The molecular formula is C16H23F3N2O4. The third kappa shape index (κ3) is 7.49. The maximum absolute atomic E-state index is 12.5. The summed E-state index contributed by atoms with van der Waals surface area (Å²) in [6.07, 6.45) is -3.99. The molecule has 142 valence electrons. The average molecular weight is 364 g/mol. The van der Waals surface area contributed by atoms with Crippen molar-refractivity contribution in [3.8, 4) is 0 Å². The number of hydrogen-bond acceptors (Lipinski definition) is 4. The normalized spacial score (nSPS) is 13.2. The van der Waals surface area contributed by atoms with Crippen molar-refractivity contribution in [1.29, 1.82) is 0 Å². The van der Waals surface area contributed by atoms with Gasteiger partial charge in [-0.2, -0.15) is 13.2 Å². The molecular weight excluding hydrogens is 341 g/mol. The Labute approximate surface area is 144 Å². The van der Waals surface area contributed by atoms with Crippen LogP contribution in [0.4, 0.5) is 18.0 Å². The summed E-state index contributed by atoms with van der Waals surface area (Å²) in [6.45, 7) is 6.85. The van der Waals surface area contributed by atoms with E-state index in [2.05, 4.69) is 5.32 Å². The minimum Gasteiger partial charge on any atom is -0.459 e. The number of alkyl halides is 3. The van der Waals surface area contributed by atoms with E-state index in [0.717, 1.165) is 12.1 Å². The Balaban J connectivity index is 2.60. The fraction of sp³-hybridized carbons (Fsp3) is 0.625. The number of esters is 1. The fourth-order valence-corrected chi connectivity index (χ4v) is 1.95. The topological polar surface area (TPSA) is 80.4 Å². The molecule has 1 rings (SSSR count). The van der Waals surface area contributed by atoms with E-state index in [0.29, 0.717) is 12.8 Å². The molecule has 0 bridgehead atoms. The molecule has 0 spiro atoms. The number of rotatable bonds is 6. The number of amides is 1. The lowest BCUT2D eigenvalue weighted by Crippen LogP contribution is -2.41. The number of hydrogen-bond donors (Lipinski definition) is 2. The monoisotopic (exact) mass is 364 g/mol. The molecule has 1 heterocycles. The zero-order chi connectivity index (χ0) is 19.3. The number of halogens is 3. The number of carbonyl (C=O) groups excluding carboxylic acids is 2. The predicted octanol–water partition coefficient (Wildman–Crippen LogP) is 3.88. The highest BCUT2D eigenvalue weighted by molar-refractivity contribution is 5.87. The zero-order valence-corrected chi connectivity index (χ0v) is 14.6. The molecule has 1 atom stereocenters. The summed E-state index contributed by atoms with van der Waals surface area (Å²) in [4.78, 5) is 25.6. The Morgan fingerprint density at radius 1 is 1.24 bits per heavy atom. The number of alkyl carbamates (subject to hydrolysis) is 1. The molecule has 0 unspecified atom stereocenters. The molecule has 1 amide bonds. The van der Waals surface area contributed by atoms with Gasteiger partial charge >= 0.3 is 18.2 Å². The van der Waals surface area contributed by atoms with Crippen molar-refractivity contribution in [3.05, 3.63) is 23.5 Å². The first-order chi connectivity index (χ1) is 11.4. The summed E-state index contributed by atoms with van der Waals surface area (Å²) < 4.78 is 47.7. The molecule has 1 aromatic heterocycles. The van der Waals surface area contributed by atoms with Gasteiger partial charge in [-0.1, -0.05) is 13.3 Å². The van der Waals surface area contributed by atoms with Crippen LogP contribution in [0.3, 0.4) is 0 Å². The van der Waals surface area contributed by atoms with Gasteiger partial charge in [-0.15, -0.1) is 0 Å². The van der Waals surface area contributed by atoms with Gasteiger partial charge in [0.1, 0.15) is 23.6 Å². The van der Waals surface area contributed by atoms with Crippen LogP contribution in [0, 0.1) is 0 Å². The van der Waals surface area contributed by atoms with Crippen LogP contribution in [-0.2, 0) is 15.7 Å². The van der Waals surface area contributed by atoms with Gasteiger partial charge in [-0.05, 0) is 39.3 Å². The number of aromatic nitrogens is 1. The van der Waals surface area contributed by atoms with E-state index < -0.39 is 35.6 Å². The van der Waals surface area contributed by atoms with Crippen molar-refractivity contribution in [2.45, 2.75) is 58.4 Å². The summed E-state index contributed by atoms with van der Waals surface area (Å²) >= 11 is 0. The number of ether oxygens (including phenoxy) is 2. The van der Waals surface area contributed by atoms with Crippen LogP contribution in [0.2, 0.25) is 0 Å². The predicted molar refractivity (Wildman–Crippen MR) is 84.1 cm³/mol. The van der Waals surface area contributed by atoms with Crippen molar-refractivity contribution in [1.82, 2.24) is 10.3 Å². The molecule has 6 nitrogen and oxygen atoms in total. The largest absolute Gasteiger partial charge is 0.459 e.